The zero-order valence-corrected chi connectivity index (χ0v) is 14.2. The van der Waals surface area contributed by atoms with Gasteiger partial charge in [0.1, 0.15) is 5.76 Å². The summed E-state index contributed by atoms with van der Waals surface area (Å²) in [4.78, 5) is 12.2. The fourth-order valence-corrected chi connectivity index (χ4v) is 5.93. The first-order valence-electron chi connectivity index (χ1n) is 8.64. The Kier molecular flexibility index (Phi) is 3.00. The lowest BCUT2D eigenvalue weighted by molar-refractivity contribution is -0.117. The topological polar surface area (TPSA) is 63.3 Å². The zero-order chi connectivity index (χ0) is 16.5. The second-order valence-electron chi connectivity index (χ2n) is 8.55. The molecule has 1 fully saturated rings. The first-order chi connectivity index (χ1) is 10.8. The second-order valence-corrected chi connectivity index (χ2v) is 8.55. The van der Waals surface area contributed by atoms with Crippen molar-refractivity contribution in [3.05, 3.63) is 29.2 Å². The molecule has 1 saturated carbocycles. The van der Waals surface area contributed by atoms with Crippen LogP contribution in [0.3, 0.4) is 0 Å². The Bertz CT molecular complexity index is 701. The molecule has 0 aliphatic heterocycles. The van der Waals surface area contributed by atoms with Crippen molar-refractivity contribution < 1.29 is 14.4 Å². The maximum absolute atomic E-state index is 12.2. The minimum atomic E-state index is -0.204. The fraction of sp³-hybridized carbons (Fsp3) is 0.684. The van der Waals surface area contributed by atoms with Crippen LogP contribution in [-0.2, 0) is 16.6 Å². The first kappa shape index (κ1) is 15.1. The number of carbonyl (C=O) groups is 1. The highest BCUT2D eigenvalue weighted by molar-refractivity contribution is 5.92. The van der Waals surface area contributed by atoms with E-state index in [1.807, 2.05) is 12.3 Å². The summed E-state index contributed by atoms with van der Waals surface area (Å²) >= 11 is 0. The highest BCUT2D eigenvalue weighted by Crippen LogP contribution is 2.64. The molecule has 1 aromatic heterocycles. The summed E-state index contributed by atoms with van der Waals surface area (Å²) in [5.41, 5.74) is 1.91. The van der Waals surface area contributed by atoms with E-state index >= 15 is 0 Å². The lowest BCUT2D eigenvalue weighted by Gasteiger charge is -2.59. The van der Waals surface area contributed by atoms with Crippen molar-refractivity contribution >= 4 is 5.78 Å². The van der Waals surface area contributed by atoms with E-state index in [0.29, 0.717) is 12.3 Å². The number of fused-ring (bicyclic) bond motifs is 4. The van der Waals surface area contributed by atoms with Gasteiger partial charge in [0.25, 0.3) is 0 Å². The summed E-state index contributed by atoms with van der Waals surface area (Å²) in [6, 6.07) is 0. The Balaban J connectivity index is 1.91. The fourth-order valence-electron chi connectivity index (χ4n) is 5.93. The minimum Gasteiger partial charge on any atom is -0.395 e. The van der Waals surface area contributed by atoms with Crippen molar-refractivity contribution in [2.45, 2.75) is 58.3 Å². The van der Waals surface area contributed by atoms with Gasteiger partial charge in [-0.15, -0.1) is 0 Å². The number of allylic oxidation sites excluding steroid dienone is 1. The van der Waals surface area contributed by atoms with Crippen LogP contribution in [0.1, 0.15) is 57.8 Å². The number of carbonyl (C=O) groups excluding carboxylic acids is 1. The van der Waals surface area contributed by atoms with Crippen molar-refractivity contribution in [3.8, 4) is 0 Å². The molecule has 3 atom stereocenters. The molecule has 3 aliphatic rings. The number of hydrogen-bond donors (Lipinski definition) is 1. The van der Waals surface area contributed by atoms with Gasteiger partial charge < -0.3 is 9.63 Å². The number of aliphatic hydroxyl groups excluding tert-OH is 1. The third-order valence-corrected chi connectivity index (χ3v) is 6.98. The molecule has 1 aromatic rings. The van der Waals surface area contributed by atoms with E-state index in [9.17, 15) is 9.90 Å². The standard InChI is InChI=1S/C19H25NO3/c1-17(2)14-5-7-19(11-21)6-4-13(22)8-15(19)18(14,3)9-12-10-20-23-16(12)17/h8,10,14,21H,4-7,9,11H2,1-3H3/t14-,18?,19+/m0/s1. The number of aromatic nitrogens is 1. The molecule has 4 heteroatoms. The molecule has 0 amide bonds. The molecular weight excluding hydrogens is 290 g/mol. The first-order valence-corrected chi connectivity index (χ1v) is 8.64. The molecule has 3 aliphatic carbocycles. The summed E-state index contributed by atoms with van der Waals surface area (Å²) in [5, 5.41) is 14.2. The SMILES string of the molecule is CC12Cc3cnoc3C(C)(C)[C@@H]1CC[C@@]1(CO)CCC(=O)C=C21. The molecule has 1 unspecified atom stereocenters. The number of aliphatic hydroxyl groups is 1. The summed E-state index contributed by atoms with van der Waals surface area (Å²) in [7, 11) is 0. The second kappa shape index (κ2) is 4.56. The molecule has 1 N–H and O–H groups in total. The average Bonchev–Trinajstić information content (AvgIpc) is 2.96. The van der Waals surface area contributed by atoms with Gasteiger partial charge >= 0.3 is 0 Å². The van der Waals surface area contributed by atoms with Crippen LogP contribution in [0.25, 0.3) is 0 Å². The normalized spacial score (nSPS) is 38.3. The van der Waals surface area contributed by atoms with E-state index in [4.69, 9.17) is 4.52 Å². The summed E-state index contributed by atoms with van der Waals surface area (Å²) in [5.74, 6) is 1.60. The van der Waals surface area contributed by atoms with Gasteiger partial charge in [0.2, 0.25) is 0 Å². The Morgan fingerprint density at radius 1 is 1.35 bits per heavy atom. The predicted molar refractivity (Wildman–Crippen MR) is 85.9 cm³/mol. The third kappa shape index (κ3) is 1.81. The lowest BCUT2D eigenvalue weighted by atomic mass is 9.44. The van der Waals surface area contributed by atoms with Crippen LogP contribution in [0, 0.1) is 16.7 Å². The highest BCUT2D eigenvalue weighted by Gasteiger charge is 2.60. The monoisotopic (exact) mass is 315 g/mol. The third-order valence-electron chi connectivity index (χ3n) is 6.98. The molecule has 1 heterocycles. The molecule has 124 valence electrons. The van der Waals surface area contributed by atoms with Crippen LogP contribution in [0.4, 0.5) is 0 Å². The number of ketones is 1. The Hall–Kier alpha value is -1.42. The maximum atomic E-state index is 12.2. The van der Waals surface area contributed by atoms with Crippen molar-refractivity contribution in [2.24, 2.45) is 16.7 Å². The molecule has 0 spiro atoms. The van der Waals surface area contributed by atoms with Crippen LogP contribution in [-0.4, -0.2) is 22.7 Å². The number of nitrogens with zero attached hydrogens (tertiary/aromatic N) is 1. The van der Waals surface area contributed by atoms with E-state index in [-0.39, 0.29) is 28.6 Å². The van der Waals surface area contributed by atoms with Crippen molar-refractivity contribution in [1.29, 1.82) is 0 Å². The number of rotatable bonds is 1. The van der Waals surface area contributed by atoms with E-state index in [1.165, 1.54) is 5.57 Å². The molecule has 0 bridgehead atoms. The molecule has 0 aromatic carbocycles. The van der Waals surface area contributed by atoms with E-state index in [2.05, 4.69) is 25.9 Å². The zero-order valence-electron chi connectivity index (χ0n) is 14.2. The Morgan fingerprint density at radius 2 is 2.13 bits per heavy atom. The quantitative estimate of drug-likeness (QED) is 0.864. The Morgan fingerprint density at radius 3 is 2.87 bits per heavy atom. The van der Waals surface area contributed by atoms with Crippen molar-refractivity contribution in [1.82, 2.24) is 5.16 Å². The molecule has 0 saturated heterocycles. The van der Waals surface area contributed by atoms with E-state index < -0.39 is 0 Å². The summed E-state index contributed by atoms with van der Waals surface area (Å²) < 4.78 is 5.59. The molecule has 4 nitrogen and oxygen atoms in total. The Labute approximate surface area is 136 Å². The van der Waals surface area contributed by atoms with E-state index in [1.54, 1.807) is 0 Å². The van der Waals surface area contributed by atoms with Gasteiger partial charge in [0.05, 0.1) is 12.8 Å². The van der Waals surface area contributed by atoms with Gasteiger partial charge in [0.15, 0.2) is 5.78 Å². The van der Waals surface area contributed by atoms with Crippen LogP contribution in [0.15, 0.2) is 22.4 Å². The minimum absolute atomic E-state index is 0.109. The van der Waals surface area contributed by atoms with Gasteiger partial charge in [-0.3, -0.25) is 4.79 Å². The number of hydrogen-bond acceptors (Lipinski definition) is 4. The molecule has 4 rings (SSSR count). The van der Waals surface area contributed by atoms with Crippen LogP contribution in [0.5, 0.6) is 0 Å². The largest absolute Gasteiger partial charge is 0.395 e. The van der Waals surface area contributed by atoms with Gasteiger partial charge in [-0.1, -0.05) is 31.5 Å². The van der Waals surface area contributed by atoms with Crippen LogP contribution >= 0.6 is 0 Å². The molecule has 0 radical (unpaired) electrons. The molecule has 23 heavy (non-hydrogen) atoms. The van der Waals surface area contributed by atoms with E-state index in [0.717, 1.165) is 37.0 Å². The summed E-state index contributed by atoms with van der Waals surface area (Å²) in [6.45, 7) is 6.89. The summed E-state index contributed by atoms with van der Waals surface area (Å²) in [6.07, 6.45) is 7.89. The maximum Gasteiger partial charge on any atom is 0.155 e. The average molecular weight is 315 g/mol. The lowest BCUT2D eigenvalue weighted by Crippen LogP contribution is -2.55. The smallest absolute Gasteiger partial charge is 0.155 e. The van der Waals surface area contributed by atoms with Gasteiger partial charge in [-0.25, -0.2) is 0 Å². The van der Waals surface area contributed by atoms with Crippen LogP contribution < -0.4 is 0 Å². The van der Waals surface area contributed by atoms with Gasteiger partial charge in [-0.2, -0.15) is 0 Å². The van der Waals surface area contributed by atoms with Gasteiger partial charge in [0, 0.05) is 22.8 Å². The highest BCUT2D eigenvalue weighted by atomic mass is 16.5. The van der Waals surface area contributed by atoms with Crippen molar-refractivity contribution in [3.63, 3.8) is 0 Å². The van der Waals surface area contributed by atoms with Gasteiger partial charge in [-0.05, 0) is 43.1 Å². The van der Waals surface area contributed by atoms with Crippen LogP contribution in [0.2, 0.25) is 0 Å². The van der Waals surface area contributed by atoms with Crippen molar-refractivity contribution in [2.75, 3.05) is 6.61 Å². The predicted octanol–water partition coefficient (Wildman–Crippen LogP) is 3.19. The molecular formula is C19H25NO3.